The third kappa shape index (κ3) is 8.46. The predicted molar refractivity (Wildman–Crippen MR) is 76.4 cm³/mol. The van der Waals surface area contributed by atoms with Gasteiger partial charge in [-0.15, -0.1) is 0 Å². The van der Waals surface area contributed by atoms with Gasteiger partial charge in [0.05, 0.1) is 12.7 Å². The van der Waals surface area contributed by atoms with Crippen LogP contribution in [0.5, 0.6) is 0 Å². The lowest BCUT2D eigenvalue weighted by atomic mass is 9.99. The van der Waals surface area contributed by atoms with Gasteiger partial charge in [-0.05, 0) is 30.9 Å². The Bertz CT molecular complexity index is 148. The van der Waals surface area contributed by atoms with E-state index < -0.39 is 0 Å². The average molecular weight is 246 g/mol. The van der Waals surface area contributed by atoms with Gasteiger partial charge in [-0.2, -0.15) is 12.6 Å². The van der Waals surface area contributed by atoms with Crippen LogP contribution in [0.3, 0.4) is 0 Å². The maximum Gasteiger partial charge on any atom is 0.0547 e. The van der Waals surface area contributed by atoms with Crippen molar-refractivity contribution >= 4 is 12.6 Å². The van der Waals surface area contributed by atoms with Gasteiger partial charge in [-0.1, -0.05) is 46.5 Å². The zero-order valence-corrected chi connectivity index (χ0v) is 12.4. The fourth-order valence-electron chi connectivity index (χ4n) is 1.69. The number of thiol groups is 1. The molecule has 0 saturated carbocycles. The topological polar surface area (TPSA) is 9.23 Å². The fourth-order valence-corrected chi connectivity index (χ4v) is 2.21. The van der Waals surface area contributed by atoms with Gasteiger partial charge >= 0.3 is 0 Å². The fraction of sp³-hybridized carbons (Fsp3) is 1.00. The van der Waals surface area contributed by atoms with Crippen molar-refractivity contribution in [3.05, 3.63) is 0 Å². The summed E-state index contributed by atoms with van der Waals surface area (Å²) in [5.74, 6) is 2.20. The minimum Gasteiger partial charge on any atom is -0.378 e. The monoisotopic (exact) mass is 246 g/mol. The zero-order chi connectivity index (χ0) is 12.4. The number of ether oxygens (including phenoxy) is 1. The van der Waals surface area contributed by atoms with E-state index in [-0.39, 0.29) is 0 Å². The molecule has 0 aromatic carbocycles. The molecule has 0 aliphatic rings. The van der Waals surface area contributed by atoms with Crippen LogP contribution in [0.2, 0.25) is 0 Å². The second kappa shape index (κ2) is 10.5. The van der Waals surface area contributed by atoms with E-state index in [1.165, 1.54) is 32.1 Å². The van der Waals surface area contributed by atoms with Crippen LogP contribution in [0.1, 0.15) is 59.8 Å². The van der Waals surface area contributed by atoms with Crippen molar-refractivity contribution in [2.24, 2.45) is 11.8 Å². The largest absolute Gasteiger partial charge is 0.378 e. The third-order valence-corrected chi connectivity index (χ3v) is 3.71. The van der Waals surface area contributed by atoms with Crippen LogP contribution < -0.4 is 0 Å². The lowest BCUT2D eigenvalue weighted by Crippen LogP contribution is -2.21. The second-order valence-corrected chi connectivity index (χ2v) is 5.55. The van der Waals surface area contributed by atoms with E-state index in [0.717, 1.165) is 12.4 Å². The van der Waals surface area contributed by atoms with E-state index in [1.807, 2.05) is 0 Å². The van der Waals surface area contributed by atoms with Crippen molar-refractivity contribution in [3.63, 3.8) is 0 Å². The van der Waals surface area contributed by atoms with Crippen LogP contribution in [0.4, 0.5) is 0 Å². The van der Waals surface area contributed by atoms with E-state index in [2.05, 4.69) is 40.3 Å². The normalized spacial score (nSPS) is 15.4. The number of unbranched alkanes of at least 4 members (excludes halogenated alkanes) is 3. The summed E-state index contributed by atoms with van der Waals surface area (Å²) in [7, 11) is 0. The summed E-state index contributed by atoms with van der Waals surface area (Å²) in [6, 6.07) is 0. The highest BCUT2D eigenvalue weighted by molar-refractivity contribution is 7.80. The Balaban J connectivity index is 3.51. The second-order valence-electron chi connectivity index (χ2n) is 5.18. The maximum atomic E-state index is 5.89. The molecule has 0 rings (SSSR count). The van der Waals surface area contributed by atoms with E-state index in [9.17, 15) is 0 Å². The van der Waals surface area contributed by atoms with Crippen LogP contribution in [0, 0.1) is 11.8 Å². The van der Waals surface area contributed by atoms with Crippen molar-refractivity contribution in [1.29, 1.82) is 0 Å². The standard InChI is InChI=1S/C14H30OS/c1-5-6-7-8-9-13(4)15-10-14(11-16)12(2)3/h12-14,16H,5-11H2,1-4H3. The zero-order valence-electron chi connectivity index (χ0n) is 11.5. The molecule has 0 aliphatic heterocycles. The molecule has 2 unspecified atom stereocenters. The van der Waals surface area contributed by atoms with Gasteiger partial charge in [0.15, 0.2) is 0 Å². The van der Waals surface area contributed by atoms with Gasteiger partial charge < -0.3 is 4.74 Å². The Kier molecular flexibility index (Phi) is 10.7. The molecule has 0 spiro atoms. The Morgan fingerprint density at radius 1 is 1.06 bits per heavy atom. The predicted octanol–water partition coefficient (Wildman–Crippen LogP) is 4.56. The molecule has 0 aliphatic carbocycles. The van der Waals surface area contributed by atoms with Crippen molar-refractivity contribution < 1.29 is 4.74 Å². The molecule has 1 nitrogen and oxygen atoms in total. The molecule has 16 heavy (non-hydrogen) atoms. The first kappa shape index (κ1) is 16.3. The minimum absolute atomic E-state index is 0.415. The SMILES string of the molecule is CCCCCCC(C)OCC(CS)C(C)C. The summed E-state index contributed by atoms with van der Waals surface area (Å²) in [6.45, 7) is 9.81. The van der Waals surface area contributed by atoms with E-state index in [0.29, 0.717) is 17.9 Å². The van der Waals surface area contributed by atoms with Gasteiger partial charge in [-0.25, -0.2) is 0 Å². The molecule has 0 heterocycles. The molecule has 0 aromatic heterocycles. The molecule has 2 heteroatoms. The Morgan fingerprint density at radius 2 is 1.75 bits per heavy atom. The van der Waals surface area contributed by atoms with Gasteiger partial charge in [0.2, 0.25) is 0 Å². The van der Waals surface area contributed by atoms with Crippen molar-refractivity contribution in [3.8, 4) is 0 Å². The molecule has 0 radical (unpaired) electrons. The van der Waals surface area contributed by atoms with Crippen LogP contribution in [0.15, 0.2) is 0 Å². The third-order valence-electron chi connectivity index (χ3n) is 3.24. The molecule has 2 atom stereocenters. The highest BCUT2D eigenvalue weighted by atomic mass is 32.1. The minimum atomic E-state index is 0.415. The van der Waals surface area contributed by atoms with E-state index in [1.54, 1.807) is 0 Å². The van der Waals surface area contributed by atoms with Gasteiger partial charge in [0.25, 0.3) is 0 Å². The smallest absolute Gasteiger partial charge is 0.0547 e. The van der Waals surface area contributed by atoms with Gasteiger partial charge in [-0.3, -0.25) is 0 Å². The summed E-state index contributed by atoms with van der Waals surface area (Å²) in [4.78, 5) is 0. The molecule has 98 valence electrons. The van der Waals surface area contributed by atoms with Gasteiger partial charge in [0.1, 0.15) is 0 Å². The summed E-state index contributed by atoms with van der Waals surface area (Å²) >= 11 is 4.38. The molecule has 0 aromatic rings. The van der Waals surface area contributed by atoms with Crippen LogP contribution in [-0.2, 0) is 4.74 Å². The molecular weight excluding hydrogens is 216 g/mol. The number of rotatable bonds is 10. The van der Waals surface area contributed by atoms with Crippen molar-refractivity contribution in [1.82, 2.24) is 0 Å². The highest BCUT2D eigenvalue weighted by Gasteiger charge is 2.13. The van der Waals surface area contributed by atoms with E-state index in [4.69, 9.17) is 4.74 Å². The van der Waals surface area contributed by atoms with Crippen molar-refractivity contribution in [2.75, 3.05) is 12.4 Å². The number of hydrogen-bond donors (Lipinski definition) is 1. The maximum absolute atomic E-state index is 5.89. The first-order valence-electron chi connectivity index (χ1n) is 6.84. The van der Waals surface area contributed by atoms with Crippen LogP contribution in [-0.4, -0.2) is 18.5 Å². The van der Waals surface area contributed by atoms with Gasteiger partial charge in [0, 0.05) is 0 Å². The molecule has 0 saturated heterocycles. The first-order valence-corrected chi connectivity index (χ1v) is 7.47. The summed E-state index contributed by atoms with van der Waals surface area (Å²) in [5.41, 5.74) is 0. The first-order chi connectivity index (χ1) is 7.61. The molecule has 0 fully saturated rings. The summed E-state index contributed by atoms with van der Waals surface area (Å²) in [6.07, 6.45) is 6.95. The molecule has 0 amide bonds. The molecular formula is C14H30OS. The van der Waals surface area contributed by atoms with Crippen LogP contribution in [0.25, 0.3) is 0 Å². The summed E-state index contributed by atoms with van der Waals surface area (Å²) < 4.78 is 5.89. The lowest BCUT2D eigenvalue weighted by Gasteiger charge is -2.21. The van der Waals surface area contributed by atoms with Crippen molar-refractivity contribution in [2.45, 2.75) is 65.9 Å². The lowest BCUT2D eigenvalue weighted by molar-refractivity contribution is 0.0291. The molecule has 0 N–H and O–H groups in total. The number of hydrogen-bond acceptors (Lipinski definition) is 2. The van der Waals surface area contributed by atoms with E-state index >= 15 is 0 Å². The summed E-state index contributed by atoms with van der Waals surface area (Å²) in [5, 5.41) is 0. The Labute approximate surface area is 108 Å². The quantitative estimate of drug-likeness (QED) is 0.439. The highest BCUT2D eigenvalue weighted by Crippen LogP contribution is 2.15. The average Bonchev–Trinajstić information content (AvgIpc) is 2.25. The molecule has 0 bridgehead atoms. The van der Waals surface area contributed by atoms with Crippen LogP contribution >= 0.6 is 12.6 Å². The Hall–Kier alpha value is 0.310. The Morgan fingerprint density at radius 3 is 2.25 bits per heavy atom.